The molecular weight excluding hydrogens is 380 g/mol. The Morgan fingerprint density at radius 3 is 2.96 bits per heavy atom. The smallest absolute Gasteiger partial charge is 0.278 e. The van der Waals surface area contributed by atoms with E-state index in [-0.39, 0.29) is 5.91 Å². The molecule has 2 aromatic rings. The maximum absolute atomic E-state index is 12.6. The molecule has 1 amide bonds. The number of nitrogens with zero attached hydrogens (tertiary/aromatic N) is 2. The van der Waals surface area contributed by atoms with Crippen LogP contribution < -0.4 is 4.74 Å². The van der Waals surface area contributed by atoms with Crippen molar-refractivity contribution in [1.82, 2.24) is 4.90 Å². The zero-order valence-electron chi connectivity index (χ0n) is 14.7. The maximum atomic E-state index is 12.6. The van der Waals surface area contributed by atoms with Gasteiger partial charge in [-0.2, -0.15) is 0 Å². The Bertz CT molecular complexity index is 926. The van der Waals surface area contributed by atoms with Crippen LogP contribution in [0, 0.1) is 0 Å². The van der Waals surface area contributed by atoms with Crippen molar-refractivity contribution in [2.45, 2.75) is 19.4 Å². The van der Waals surface area contributed by atoms with E-state index in [2.05, 4.69) is 4.99 Å². The number of rotatable bonds is 4. The first-order chi connectivity index (χ1) is 13.2. The van der Waals surface area contributed by atoms with Crippen LogP contribution in [-0.4, -0.2) is 28.3 Å². The van der Waals surface area contributed by atoms with Gasteiger partial charge >= 0.3 is 0 Å². The van der Waals surface area contributed by atoms with Gasteiger partial charge in [-0.3, -0.25) is 9.69 Å². The van der Waals surface area contributed by atoms with E-state index in [1.165, 1.54) is 0 Å². The van der Waals surface area contributed by atoms with Crippen molar-refractivity contribution in [3.63, 3.8) is 0 Å². The topological polar surface area (TPSA) is 41.9 Å². The zero-order chi connectivity index (χ0) is 18.6. The average Bonchev–Trinajstić information content (AvgIpc) is 2.84. The SMILES string of the molecule is O=C1/C(=C/c2cccc(OCc3ccccc3Cl)c2)N=C2SCCCCN12. The molecule has 2 aromatic carbocycles. The minimum absolute atomic E-state index is 0.0122. The molecule has 0 spiro atoms. The van der Waals surface area contributed by atoms with Gasteiger partial charge in [0.1, 0.15) is 18.1 Å². The predicted molar refractivity (Wildman–Crippen MR) is 111 cm³/mol. The van der Waals surface area contributed by atoms with Gasteiger partial charge in [0.2, 0.25) is 0 Å². The van der Waals surface area contributed by atoms with E-state index in [0.717, 1.165) is 47.2 Å². The molecule has 0 N–H and O–H groups in total. The number of fused-ring (bicyclic) bond motifs is 1. The molecule has 4 nitrogen and oxygen atoms in total. The second-order valence-corrected chi connectivity index (χ2v) is 7.86. The van der Waals surface area contributed by atoms with E-state index in [1.807, 2.05) is 54.6 Å². The molecule has 2 heterocycles. The van der Waals surface area contributed by atoms with Crippen LogP contribution in [0.1, 0.15) is 24.0 Å². The highest BCUT2D eigenvalue weighted by molar-refractivity contribution is 8.13. The standard InChI is InChI=1S/C21H19ClN2O2S/c22-18-9-2-1-7-16(18)14-26-17-8-5-6-15(12-17)13-19-20(25)24-10-3-4-11-27-21(24)23-19/h1-2,5-9,12-13H,3-4,10-11,14H2/b19-13-. The molecule has 0 saturated carbocycles. The number of aliphatic imine (C=N–C) groups is 1. The third-order valence-corrected chi connectivity index (χ3v) is 5.86. The Labute approximate surface area is 167 Å². The Morgan fingerprint density at radius 2 is 2.07 bits per heavy atom. The Hall–Kier alpha value is -2.24. The van der Waals surface area contributed by atoms with Crippen LogP contribution in [0.3, 0.4) is 0 Å². The molecule has 6 heteroatoms. The lowest BCUT2D eigenvalue weighted by molar-refractivity contribution is -0.122. The lowest BCUT2D eigenvalue weighted by Crippen LogP contribution is -2.30. The fourth-order valence-corrected chi connectivity index (χ4v) is 4.22. The second kappa shape index (κ2) is 8.19. The Balaban J connectivity index is 1.50. The van der Waals surface area contributed by atoms with E-state index in [0.29, 0.717) is 17.3 Å². The monoisotopic (exact) mass is 398 g/mol. The highest BCUT2D eigenvalue weighted by Crippen LogP contribution is 2.28. The summed E-state index contributed by atoms with van der Waals surface area (Å²) in [6, 6.07) is 15.3. The van der Waals surface area contributed by atoms with Crippen molar-refractivity contribution < 1.29 is 9.53 Å². The molecule has 0 aromatic heterocycles. The van der Waals surface area contributed by atoms with Crippen LogP contribution >= 0.6 is 23.4 Å². The second-order valence-electron chi connectivity index (χ2n) is 6.39. The van der Waals surface area contributed by atoms with Crippen molar-refractivity contribution in [3.05, 3.63) is 70.4 Å². The summed E-state index contributed by atoms with van der Waals surface area (Å²) >= 11 is 7.83. The lowest BCUT2D eigenvalue weighted by Gasteiger charge is -2.13. The molecule has 2 aliphatic rings. The van der Waals surface area contributed by atoms with Crippen LogP contribution in [0.15, 0.2) is 59.2 Å². The van der Waals surface area contributed by atoms with Crippen LogP contribution in [0.4, 0.5) is 0 Å². The number of carbonyl (C=O) groups excluding carboxylic acids is 1. The van der Waals surface area contributed by atoms with Gasteiger partial charge in [-0.25, -0.2) is 4.99 Å². The maximum Gasteiger partial charge on any atom is 0.278 e. The molecule has 2 aliphatic heterocycles. The Morgan fingerprint density at radius 1 is 1.19 bits per heavy atom. The minimum atomic E-state index is -0.0122. The molecule has 0 aliphatic carbocycles. The predicted octanol–water partition coefficient (Wildman–Crippen LogP) is 4.99. The van der Waals surface area contributed by atoms with Gasteiger partial charge in [-0.1, -0.05) is 53.7 Å². The van der Waals surface area contributed by atoms with Gasteiger partial charge in [0.25, 0.3) is 5.91 Å². The van der Waals surface area contributed by atoms with Gasteiger partial charge in [0.05, 0.1) is 0 Å². The summed E-state index contributed by atoms with van der Waals surface area (Å²) in [6.45, 7) is 1.15. The summed E-state index contributed by atoms with van der Waals surface area (Å²) in [5.41, 5.74) is 2.31. The van der Waals surface area contributed by atoms with E-state index < -0.39 is 0 Å². The number of hydrogen-bond donors (Lipinski definition) is 0. The summed E-state index contributed by atoms with van der Waals surface area (Å²) in [4.78, 5) is 18.9. The van der Waals surface area contributed by atoms with Gasteiger partial charge in [0, 0.05) is 22.9 Å². The normalized spacial score (nSPS) is 18.3. The van der Waals surface area contributed by atoms with E-state index in [1.54, 1.807) is 16.7 Å². The molecule has 0 bridgehead atoms. The summed E-state index contributed by atoms with van der Waals surface area (Å²) in [7, 11) is 0. The number of amidine groups is 1. The quantitative estimate of drug-likeness (QED) is 0.681. The van der Waals surface area contributed by atoms with Crippen molar-refractivity contribution in [2.75, 3.05) is 12.3 Å². The van der Waals surface area contributed by atoms with E-state index in [4.69, 9.17) is 16.3 Å². The lowest BCUT2D eigenvalue weighted by atomic mass is 10.1. The molecule has 138 valence electrons. The first-order valence-electron chi connectivity index (χ1n) is 8.92. The zero-order valence-corrected chi connectivity index (χ0v) is 16.3. The van der Waals surface area contributed by atoms with Gasteiger partial charge in [-0.05, 0) is 42.7 Å². The molecule has 1 fully saturated rings. The van der Waals surface area contributed by atoms with E-state index in [9.17, 15) is 4.79 Å². The third kappa shape index (κ3) is 4.20. The highest BCUT2D eigenvalue weighted by atomic mass is 35.5. The van der Waals surface area contributed by atoms with Gasteiger partial charge < -0.3 is 4.74 Å². The number of thioether (sulfide) groups is 1. The molecule has 0 atom stereocenters. The van der Waals surface area contributed by atoms with Crippen LogP contribution in [0.25, 0.3) is 6.08 Å². The molecular formula is C21H19ClN2O2S. The minimum Gasteiger partial charge on any atom is -0.489 e. The van der Waals surface area contributed by atoms with Crippen LogP contribution in [0.5, 0.6) is 5.75 Å². The fourth-order valence-electron chi connectivity index (χ4n) is 3.00. The van der Waals surface area contributed by atoms with E-state index >= 15 is 0 Å². The van der Waals surface area contributed by atoms with Crippen molar-refractivity contribution >= 4 is 40.5 Å². The first kappa shape index (κ1) is 18.1. The van der Waals surface area contributed by atoms with Gasteiger partial charge in [-0.15, -0.1) is 0 Å². The number of halogens is 1. The highest BCUT2D eigenvalue weighted by Gasteiger charge is 2.31. The van der Waals surface area contributed by atoms with Crippen molar-refractivity contribution in [3.8, 4) is 5.75 Å². The van der Waals surface area contributed by atoms with Crippen molar-refractivity contribution in [1.29, 1.82) is 0 Å². The third-order valence-electron chi connectivity index (χ3n) is 4.43. The molecule has 4 rings (SSSR count). The largest absolute Gasteiger partial charge is 0.489 e. The molecule has 27 heavy (non-hydrogen) atoms. The number of amides is 1. The number of benzene rings is 2. The Kier molecular flexibility index (Phi) is 5.50. The summed E-state index contributed by atoms with van der Waals surface area (Å²) in [6.07, 6.45) is 3.97. The van der Waals surface area contributed by atoms with Crippen molar-refractivity contribution in [2.24, 2.45) is 4.99 Å². The van der Waals surface area contributed by atoms with Crippen LogP contribution in [-0.2, 0) is 11.4 Å². The fraction of sp³-hybridized carbons (Fsp3) is 0.238. The molecule has 0 unspecified atom stereocenters. The molecule has 0 radical (unpaired) electrons. The summed E-state index contributed by atoms with van der Waals surface area (Å²) in [5, 5.41) is 1.52. The average molecular weight is 399 g/mol. The summed E-state index contributed by atoms with van der Waals surface area (Å²) < 4.78 is 5.87. The number of carbonyl (C=O) groups is 1. The summed E-state index contributed by atoms with van der Waals surface area (Å²) in [5.74, 6) is 1.73. The van der Waals surface area contributed by atoms with Crippen LogP contribution in [0.2, 0.25) is 5.02 Å². The first-order valence-corrected chi connectivity index (χ1v) is 10.3. The van der Waals surface area contributed by atoms with Gasteiger partial charge in [0.15, 0.2) is 5.17 Å². The number of ether oxygens (including phenoxy) is 1. The number of hydrogen-bond acceptors (Lipinski definition) is 4. The molecule has 1 saturated heterocycles.